The number of methoxy groups -OCH3 is 2. The van der Waals surface area contributed by atoms with E-state index in [2.05, 4.69) is 15.2 Å². The minimum absolute atomic E-state index is 0.533. The van der Waals surface area contributed by atoms with Gasteiger partial charge in [0.15, 0.2) is 0 Å². The Balaban J connectivity index is 1.93. The highest BCUT2D eigenvalue weighted by molar-refractivity contribution is 5.51. The number of fused-ring (bicyclic) bond motifs is 1. The zero-order valence-electron chi connectivity index (χ0n) is 14.6. The van der Waals surface area contributed by atoms with Crippen LogP contribution in [0, 0.1) is 6.92 Å². The molecule has 0 aliphatic carbocycles. The number of nitrogens with zero attached hydrogens (tertiary/aromatic N) is 4. The normalized spacial score (nSPS) is 17.6. The van der Waals surface area contributed by atoms with Crippen LogP contribution in [0.5, 0.6) is 11.5 Å². The molecule has 2 aromatic rings. The van der Waals surface area contributed by atoms with Gasteiger partial charge in [0, 0.05) is 37.3 Å². The van der Waals surface area contributed by atoms with E-state index in [4.69, 9.17) is 9.47 Å². The second-order valence-electron chi connectivity index (χ2n) is 5.99. The highest BCUT2D eigenvalue weighted by Crippen LogP contribution is 2.39. The molecule has 7 nitrogen and oxygen atoms in total. The van der Waals surface area contributed by atoms with Crippen molar-refractivity contribution in [1.29, 1.82) is 0 Å². The van der Waals surface area contributed by atoms with Crippen molar-refractivity contribution in [2.75, 3.05) is 20.8 Å². The quantitative estimate of drug-likeness (QED) is 0.898. The van der Waals surface area contributed by atoms with Crippen molar-refractivity contribution in [3.8, 4) is 11.5 Å². The van der Waals surface area contributed by atoms with Gasteiger partial charge in [-0.05, 0) is 26.0 Å². The predicted molar refractivity (Wildman–Crippen MR) is 89.1 cm³/mol. The first kappa shape index (κ1) is 16.7. The average Bonchev–Trinajstić information content (AvgIpc) is 2.93. The molecule has 1 atom stereocenters. The molecule has 0 radical (unpaired) electrons. The van der Waals surface area contributed by atoms with E-state index in [-0.39, 0.29) is 0 Å². The van der Waals surface area contributed by atoms with Gasteiger partial charge < -0.3 is 14.6 Å². The molecule has 1 unspecified atom stereocenters. The van der Waals surface area contributed by atoms with Gasteiger partial charge >= 0.3 is 0 Å². The van der Waals surface area contributed by atoms with Crippen LogP contribution in [0.1, 0.15) is 35.5 Å². The standard InChI is InChI=1S/C17H24N4O3/c1-5-21-13(11(2)18-19-21)9-20-8-12-15(23-3)6-7-16(24-4)17(12)14(22)10-20/h6-7,14,22H,5,8-10H2,1-4H3. The number of aliphatic hydroxyl groups is 1. The van der Waals surface area contributed by atoms with Gasteiger partial charge in [-0.1, -0.05) is 5.21 Å². The average molecular weight is 332 g/mol. The number of hydrogen-bond donors (Lipinski definition) is 1. The van der Waals surface area contributed by atoms with E-state index >= 15 is 0 Å². The van der Waals surface area contributed by atoms with Crippen LogP contribution in [0.25, 0.3) is 0 Å². The molecule has 130 valence electrons. The molecular formula is C17H24N4O3. The van der Waals surface area contributed by atoms with Crippen LogP contribution in [-0.4, -0.2) is 45.8 Å². The molecular weight excluding hydrogens is 308 g/mol. The van der Waals surface area contributed by atoms with Crippen molar-refractivity contribution >= 4 is 0 Å². The molecule has 1 aromatic heterocycles. The van der Waals surface area contributed by atoms with E-state index in [1.807, 2.05) is 30.7 Å². The molecule has 0 bridgehead atoms. The number of aryl methyl sites for hydroxylation is 2. The largest absolute Gasteiger partial charge is 0.496 e. The van der Waals surface area contributed by atoms with E-state index in [1.165, 1.54) is 0 Å². The van der Waals surface area contributed by atoms with E-state index < -0.39 is 6.10 Å². The Hall–Kier alpha value is -2.12. The lowest BCUT2D eigenvalue weighted by Crippen LogP contribution is -2.34. The zero-order valence-corrected chi connectivity index (χ0v) is 14.6. The molecule has 7 heteroatoms. The summed E-state index contributed by atoms with van der Waals surface area (Å²) in [6, 6.07) is 3.73. The third-order valence-electron chi connectivity index (χ3n) is 4.56. The Labute approximate surface area is 141 Å². The number of benzene rings is 1. The minimum atomic E-state index is -0.620. The fraction of sp³-hybridized carbons (Fsp3) is 0.529. The summed E-state index contributed by atoms with van der Waals surface area (Å²) in [7, 11) is 3.27. The third kappa shape index (κ3) is 2.85. The Kier molecular flexibility index (Phi) is 4.73. The van der Waals surface area contributed by atoms with Gasteiger partial charge in [-0.2, -0.15) is 0 Å². The molecule has 1 aromatic carbocycles. The van der Waals surface area contributed by atoms with Crippen LogP contribution in [-0.2, 0) is 19.6 Å². The maximum Gasteiger partial charge on any atom is 0.125 e. The van der Waals surface area contributed by atoms with Crippen molar-refractivity contribution in [1.82, 2.24) is 19.9 Å². The van der Waals surface area contributed by atoms with Gasteiger partial charge in [0.1, 0.15) is 11.5 Å². The fourth-order valence-electron chi connectivity index (χ4n) is 3.35. The van der Waals surface area contributed by atoms with E-state index in [9.17, 15) is 5.11 Å². The van der Waals surface area contributed by atoms with Crippen LogP contribution in [0.15, 0.2) is 12.1 Å². The van der Waals surface area contributed by atoms with Crippen molar-refractivity contribution < 1.29 is 14.6 Å². The van der Waals surface area contributed by atoms with Gasteiger partial charge in [-0.25, -0.2) is 4.68 Å². The molecule has 0 fully saturated rings. The van der Waals surface area contributed by atoms with Crippen molar-refractivity contribution in [3.05, 3.63) is 34.6 Å². The number of β-amino-alcohol motifs (C(OH)–C–C–N with tert-alkyl or cyclic N) is 1. The van der Waals surface area contributed by atoms with Crippen LogP contribution in [0.4, 0.5) is 0 Å². The smallest absolute Gasteiger partial charge is 0.125 e. The number of ether oxygens (including phenoxy) is 2. The summed E-state index contributed by atoms with van der Waals surface area (Å²) in [5.41, 5.74) is 3.81. The summed E-state index contributed by atoms with van der Waals surface area (Å²) >= 11 is 0. The second kappa shape index (κ2) is 6.78. The first-order valence-electron chi connectivity index (χ1n) is 8.12. The maximum absolute atomic E-state index is 10.7. The lowest BCUT2D eigenvalue weighted by atomic mass is 9.95. The molecule has 2 heterocycles. The Morgan fingerprint density at radius 2 is 1.96 bits per heavy atom. The van der Waals surface area contributed by atoms with Gasteiger partial charge in [0.05, 0.1) is 31.7 Å². The fourth-order valence-corrected chi connectivity index (χ4v) is 3.35. The van der Waals surface area contributed by atoms with Gasteiger partial charge in [-0.15, -0.1) is 5.10 Å². The lowest BCUT2D eigenvalue weighted by Gasteiger charge is -2.34. The topological polar surface area (TPSA) is 72.6 Å². The van der Waals surface area contributed by atoms with Crippen LogP contribution in [0.3, 0.4) is 0 Å². The number of hydrogen-bond acceptors (Lipinski definition) is 6. The Morgan fingerprint density at radius 1 is 1.25 bits per heavy atom. The van der Waals surface area contributed by atoms with Crippen molar-refractivity contribution in [3.63, 3.8) is 0 Å². The Morgan fingerprint density at radius 3 is 2.62 bits per heavy atom. The van der Waals surface area contributed by atoms with Gasteiger partial charge in [0.25, 0.3) is 0 Å². The molecule has 24 heavy (non-hydrogen) atoms. The molecule has 0 amide bonds. The summed E-state index contributed by atoms with van der Waals surface area (Å²) in [5.74, 6) is 1.47. The second-order valence-corrected chi connectivity index (χ2v) is 5.99. The Bertz CT molecular complexity index is 729. The number of aliphatic hydroxyl groups excluding tert-OH is 1. The van der Waals surface area contributed by atoms with Crippen LogP contribution >= 0.6 is 0 Å². The van der Waals surface area contributed by atoms with Crippen molar-refractivity contribution in [2.45, 2.75) is 39.6 Å². The SMILES string of the molecule is CCn1nnc(C)c1CN1Cc2c(OC)ccc(OC)c2C(O)C1. The van der Waals surface area contributed by atoms with E-state index in [0.29, 0.717) is 25.4 Å². The molecule has 0 saturated carbocycles. The highest BCUT2D eigenvalue weighted by Gasteiger charge is 2.30. The molecule has 0 spiro atoms. The van der Waals surface area contributed by atoms with Gasteiger partial charge in [0.2, 0.25) is 0 Å². The van der Waals surface area contributed by atoms with Crippen molar-refractivity contribution in [2.24, 2.45) is 0 Å². The first-order valence-corrected chi connectivity index (χ1v) is 8.12. The van der Waals surface area contributed by atoms with E-state index in [1.54, 1.807) is 14.2 Å². The molecule has 1 N–H and O–H groups in total. The summed E-state index contributed by atoms with van der Waals surface area (Å²) in [6.45, 7) is 6.69. The lowest BCUT2D eigenvalue weighted by molar-refractivity contribution is 0.0826. The summed E-state index contributed by atoms with van der Waals surface area (Å²) < 4.78 is 12.8. The monoisotopic (exact) mass is 332 g/mol. The molecule has 3 rings (SSSR count). The zero-order chi connectivity index (χ0) is 17.3. The number of aromatic nitrogens is 3. The maximum atomic E-state index is 10.7. The minimum Gasteiger partial charge on any atom is -0.496 e. The predicted octanol–water partition coefficient (Wildman–Crippen LogP) is 1.67. The van der Waals surface area contributed by atoms with Crippen LogP contribution in [0.2, 0.25) is 0 Å². The van der Waals surface area contributed by atoms with E-state index in [0.717, 1.165) is 34.8 Å². The summed E-state index contributed by atoms with van der Waals surface area (Å²) in [6.07, 6.45) is -0.620. The first-order chi connectivity index (χ1) is 11.6. The van der Waals surface area contributed by atoms with Crippen LogP contribution < -0.4 is 9.47 Å². The summed E-state index contributed by atoms with van der Waals surface area (Å²) in [4.78, 5) is 2.19. The molecule has 1 aliphatic heterocycles. The van der Waals surface area contributed by atoms with Gasteiger partial charge in [-0.3, -0.25) is 4.90 Å². The highest BCUT2D eigenvalue weighted by atomic mass is 16.5. The number of rotatable bonds is 5. The third-order valence-corrected chi connectivity index (χ3v) is 4.56. The molecule has 0 saturated heterocycles. The summed E-state index contributed by atoms with van der Waals surface area (Å²) in [5, 5.41) is 19.0. The molecule has 1 aliphatic rings.